The van der Waals surface area contributed by atoms with Crippen molar-refractivity contribution in [2.24, 2.45) is 0 Å². The zero-order valence-electron chi connectivity index (χ0n) is 15.2. The molecular formula is C21H18N4O3. The molecule has 0 atom stereocenters. The van der Waals surface area contributed by atoms with Crippen molar-refractivity contribution in [3.05, 3.63) is 72.4 Å². The second-order valence-electron chi connectivity index (χ2n) is 5.71. The minimum absolute atomic E-state index is 0.149. The van der Waals surface area contributed by atoms with Gasteiger partial charge in [0.25, 0.3) is 5.91 Å². The van der Waals surface area contributed by atoms with Crippen molar-refractivity contribution in [2.75, 3.05) is 24.4 Å². The SMILES string of the molecule is COc1ccccc1OCC(=O)Nc1cccc(Nc2cccc(C#N)n2)c1. The van der Waals surface area contributed by atoms with Gasteiger partial charge < -0.3 is 20.1 Å². The number of ether oxygens (including phenoxy) is 2. The zero-order valence-corrected chi connectivity index (χ0v) is 15.2. The average molecular weight is 374 g/mol. The molecular weight excluding hydrogens is 356 g/mol. The molecule has 2 aromatic carbocycles. The van der Waals surface area contributed by atoms with Gasteiger partial charge in [0, 0.05) is 11.4 Å². The number of hydrogen-bond acceptors (Lipinski definition) is 6. The summed E-state index contributed by atoms with van der Waals surface area (Å²) < 4.78 is 10.7. The molecule has 140 valence electrons. The van der Waals surface area contributed by atoms with E-state index in [9.17, 15) is 4.79 Å². The normalized spacial score (nSPS) is 9.86. The minimum Gasteiger partial charge on any atom is -0.493 e. The Balaban J connectivity index is 1.60. The maximum absolute atomic E-state index is 12.2. The van der Waals surface area contributed by atoms with Crippen LogP contribution in [0.2, 0.25) is 0 Å². The maximum atomic E-state index is 12.2. The first-order valence-corrected chi connectivity index (χ1v) is 8.48. The Hall–Kier alpha value is -4.05. The third kappa shape index (κ3) is 4.99. The molecule has 3 aromatic rings. The molecule has 0 aliphatic rings. The molecule has 0 unspecified atom stereocenters. The van der Waals surface area contributed by atoms with Crippen LogP contribution in [-0.4, -0.2) is 24.6 Å². The van der Waals surface area contributed by atoms with Gasteiger partial charge in [-0.05, 0) is 42.5 Å². The van der Waals surface area contributed by atoms with Gasteiger partial charge >= 0.3 is 0 Å². The number of anilines is 3. The van der Waals surface area contributed by atoms with Crippen LogP contribution in [0.1, 0.15) is 5.69 Å². The molecule has 0 aliphatic heterocycles. The largest absolute Gasteiger partial charge is 0.493 e. The predicted molar refractivity (Wildman–Crippen MR) is 106 cm³/mol. The number of para-hydroxylation sites is 2. The highest BCUT2D eigenvalue weighted by atomic mass is 16.5. The molecule has 1 aromatic heterocycles. The van der Waals surface area contributed by atoms with Crippen LogP contribution in [0.25, 0.3) is 0 Å². The van der Waals surface area contributed by atoms with E-state index in [0.29, 0.717) is 28.7 Å². The standard InChI is InChI=1S/C21H18N4O3/c1-27-18-9-2-3-10-19(18)28-14-21(26)25-16-7-4-6-15(12-16)23-20-11-5-8-17(13-22)24-20/h2-12H,14H2,1H3,(H,23,24)(H,25,26). The molecule has 1 amide bonds. The number of pyridine rings is 1. The van der Waals surface area contributed by atoms with E-state index in [0.717, 1.165) is 5.69 Å². The van der Waals surface area contributed by atoms with Crippen molar-refractivity contribution >= 4 is 23.1 Å². The Morgan fingerprint density at radius 3 is 2.57 bits per heavy atom. The first-order chi connectivity index (χ1) is 13.7. The molecule has 7 heteroatoms. The van der Waals surface area contributed by atoms with Crippen LogP contribution in [0.15, 0.2) is 66.7 Å². The molecule has 28 heavy (non-hydrogen) atoms. The maximum Gasteiger partial charge on any atom is 0.262 e. The molecule has 0 spiro atoms. The summed E-state index contributed by atoms with van der Waals surface area (Å²) in [6, 6.07) is 21.4. The number of methoxy groups -OCH3 is 1. The van der Waals surface area contributed by atoms with Gasteiger partial charge in [-0.2, -0.15) is 5.26 Å². The Kier molecular flexibility index (Phi) is 6.06. The molecule has 3 rings (SSSR count). The van der Waals surface area contributed by atoms with Crippen molar-refractivity contribution in [1.82, 2.24) is 4.98 Å². The number of benzene rings is 2. The average Bonchev–Trinajstić information content (AvgIpc) is 2.73. The number of carbonyl (C=O) groups is 1. The lowest BCUT2D eigenvalue weighted by Gasteiger charge is -2.11. The van der Waals surface area contributed by atoms with Gasteiger partial charge in [0.05, 0.1) is 7.11 Å². The third-order valence-corrected chi connectivity index (χ3v) is 3.71. The van der Waals surface area contributed by atoms with Crippen LogP contribution < -0.4 is 20.1 Å². The number of nitriles is 1. The van der Waals surface area contributed by atoms with Crippen LogP contribution in [0.5, 0.6) is 11.5 Å². The topological polar surface area (TPSA) is 96.3 Å². The summed E-state index contributed by atoms with van der Waals surface area (Å²) >= 11 is 0. The third-order valence-electron chi connectivity index (χ3n) is 3.71. The summed E-state index contributed by atoms with van der Waals surface area (Å²) in [7, 11) is 1.54. The molecule has 0 radical (unpaired) electrons. The highest BCUT2D eigenvalue weighted by Crippen LogP contribution is 2.25. The van der Waals surface area contributed by atoms with Gasteiger partial charge in [0.1, 0.15) is 17.6 Å². The minimum atomic E-state index is -0.298. The van der Waals surface area contributed by atoms with Gasteiger partial charge in [-0.3, -0.25) is 4.79 Å². The van der Waals surface area contributed by atoms with Crippen LogP contribution in [0, 0.1) is 11.3 Å². The van der Waals surface area contributed by atoms with Gasteiger partial charge in [-0.1, -0.05) is 24.3 Å². The second-order valence-corrected chi connectivity index (χ2v) is 5.71. The number of rotatable bonds is 7. The first-order valence-electron chi connectivity index (χ1n) is 8.48. The summed E-state index contributed by atoms with van der Waals surface area (Å²) in [5, 5.41) is 14.8. The molecule has 2 N–H and O–H groups in total. The van der Waals surface area contributed by atoms with Crippen LogP contribution in [0.4, 0.5) is 17.2 Å². The Bertz CT molecular complexity index is 1010. The molecule has 1 heterocycles. The molecule has 0 saturated heterocycles. The van der Waals surface area contributed by atoms with Gasteiger partial charge in [-0.15, -0.1) is 0 Å². The van der Waals surface area contributed by atoms with Gasteiger partial charge in [-0.25, -0.2) is 4.98 Å². The van der Waals surface area contributed by atoms with Crippen LogP contribution >= 0.6 is 0 Å². The fraction of sp³-hybridized carbons (Fsp3) is 0.0952. The first kappa shape index (κ1) is 18.7. The fourth-order valence-electron chi connectivity index (χ4n) is 2.47. The van der Waals surface area contributed by atoms with E-state index >= 15 is 0 Å². The number of amides is 1. The predicted octanol–water partition coefficient (Wildman–Crippen LogP) is 3.72. The van der Waals surface area contributed by atoms with Crippen molar-refractivity contribution in [3.8, 4) is 17.6 Å². The summed E-state index contributed by atoms with van der Waals surface area (Å²) in [4.78, 5) is 16.4. The Morgan fingerprint density at radius 1 is 1.04 bits per heavy atom. The van der Waals surface area contributed by atoms with E-state index in [1.807, 2.05) is 18.2 Å². The van der Waals surface area contributed by atoms with Gasteiger partial charge in [0.2, 0.25) is 0 Å². The summed E-state index contributed by atoms with van der Waals surface area (Å²) in [6.45, 7) is -0.149. The van der Waals surface area contributed by atoms with E-state index in [4.69, 9.17) is 14.7 Å². The van der Waals surface area contributed by atoms with E-state index in [-0.39, 0.29) is 12.5 Å². The summed E-state index contributed by atoms with van der Waals surface area (Å²) in [6.07, 6.45) is 0. The highest BCUT2D eigenvalue weighted by Gasteiger charge is 2.08. The lowest BCUT2D eigenvalue weighted by atomic mass is 10.2. The molecule has 0 aliphatic carbocycles. The van der Waals surface area contributed by atoms with E-state index in [1.54, 1.807) is 61.7 Å². The Morgan fingerprint density at radius 2 is 1.79 bits per heavy atom. The fourth-order valence-corrected chi connectivity index (χ4v) is 2.47. The molecule has 0 saturated carbocycles. The second kappa shape index (κ2) is 9.05. The summed E-state index contributed by atoms with van der Waals surface area (Å²) in [5.41, 5.74) is 1.66. The summed E-state index contributed by atoms with van der Waals surface area (Å²) in [5.74, 6) is 1.31. The van der Waals surface area contributed by atoms with Crippen LogP contribution in [-0.2, 0) is 4.79 Å². The lowest BCUT2D eigenvalue weighted by Crippen LogP contribution is -2.20. The van der Waals surface area contributed by atoms with Crippen molar-refractivity contribution in [3.63, 3.8) is 0 Å². The quantitative estimate of drug-likeness (QED) is 0.654. The smallest absolute Gasteiger partial charge is 0.262 e. The van der Waals surface area contributed by atoms with E-state index in [1.165, 1.54) is 0 Å². The van der Waals surface area contributed by atoms with E-state index in [2.05, 4.69) is 15.6 Å². The number of hydrogen-bond donors (Lipinski definition) is 2. The van der Waals surface area contributed by atoms with Crippen molar-refractivity contribution in [2.45, 2.75) is 0 Å². The zero-order chi connectivity index (χ0) is 19.8. The lowest BCUT2D eigenvalue weighted by molar-refractivity contribution is -0.118. The molecule has 7 nitrogen and oxygen atoms in total. The Labute approximate surface area is 162 Å². The number of nitrogens with zero attached hydrogens (tertiary/aromatic N) is 2. The number of nitrogens with one attached hydrogen (secondary N) is 2. The number of carbonyl (C=O) groups excluding carboxylic acids is 1. The monoisotopic (exact) mass is 374 g/mol. The number of aromatic nitrogens is 1. The van der Waals surface area contributed by atoms with Gasteiger partial charge in [0.15, 0.2) is 18.1 Å². The molecule has 0 bridgehead atoms. The highest BCUT2D eigenvalue weighted by molar-refractivity contribution is 5.92. The van der Waals surface area contributed by atoms with Crippen molar-refractivity contribution in [1.29, 1.82) is 5.26 Å². The van der Waals surface area contributed by atoms with Crippen molar-refractivity contribution < 1.29 is 14.3 Å². The van der Waals surface area contributed by atoms with Crippen LogP contribution in [0.3, 0.4) is 0 Å². The van der Waals surface area contributed by atoms with E-state index < -0.39 is 0 Å². The molecule has 0 fully saturated rings.